The van der Waals surface area contributed by atoms with Gasteiger partial charge >= 0.3 is 0 Å². The smallest absolute Gasteiger partial charge is 0.134 e. The lowest BCUT2D eigenvalue weighted by Crippen LogP contribution is -2.23. The summed E-state index contributed by atoms with van der Waals surface area (Å²) < 4.78 is 33.4. The molecule has 2 aromatic carbocycles. The third-order valence-electron chi connectivity index (χ3n) is 3.80. The van der Waals surface area contributed by atoms with Crippen LogP contribution in [0.15, 0.2) is 52.9 Å². The van der Waals surface area contributed by atoms with Crippen LogP contribution in [0.1, 0.15) is 37.3 Å². The van der Waals surface area contributed by atoms with Gasteiger partial charge in [-0.1, -0.05) is 24.3 Å². The quantitative estimate of drug-likeness (QED) is 0.723. The highest BCUT2D eigenvalue weighted by Gasteiger charge is 2.20. The standard InChI is InChI=1S/C18H17F2NO/c1-11(17-10-13-6-3-4-9-16(13)22-17)21-12(2)18-14(19)7-5-8-15(18)20/h3-12,21H,1-2H3. The van der Waals surface area contributed by atoms with Gasteiger partial charge in [0.1, 0.15) is 23.0 Å². The van der Waals surface area contributed by atoms with Crippen LogP contribution in [0.4, 0.5) is 8.78 Å². The molecule has 2 atom stereocenters. The molecule has 0 bridgehead atoms. The van der Waals surface area contributed by atoms with Crippen LogP contribution in [0.5, 0.6) is 0 Å². The second-order valence-corrected chi connectivity index (χ2v) is 5.43. The molecule has 3 rings (SSSR count). The van der Waals surface area contributed by atoms with Crippen LogP contribution in [0, 0.1) is 11.6 Å². The maximum atomic E-state index is 13.8. The van der Waals surface area contributed by atoms with Gasteiger partial charge in [0.2, 0.25) is 0 Å². The summed E-state index contributed by atoms with van der Waals surface area (Å²) in [5, 5.41) is 4.19. The van der Waals surface area contributed by atoms with Crippen molar-refractivity contribution in [2.45, 2.75) is 25.9 Å². The second-order valence-electron chi connectivity index (χ2n) is 5.43. The molecule has 1 aromatic heterocycles. The number of hydrogen-bond donors (Lipinski definition) is 1. The number of para-hydroxylation sites is 1. The summed E-state index contributed by atoms with van der Waals surface area (Å²) in [5.41, 5.74) is 0.848. The molecule has 0 aliphatic rings. The maximum absolute atomic E-state index is 13.8. The number of benzene rings is 2. The zero-order chi connectivity index (χ0) is 15.7. The molecule has 0 spiro atoms. The van der Waals surface area contributed by atoms with E-state index >= 15 is 0 Å². The number of halogens is 2. The highest BCUT2D eigenvalue weighted by molar-refractivity contribution is 5.77. The normalized spacial score (nSPS) is 14.2. The number of rotatable bonds is 4. The number of hydrogen-bond acceptors (Lipinski definition) is 2. The topological polar surface area (TPSA) is 25.2 Å². The van der Waals surface area contributed by atoms with Gasteiger partial charge in [-0.25, -0.2) is 8.78 Å². The van der Waals surface area contributed by atoms with Gasteiger partial charge in [0, 0.05) is 17.0 Å². The van der Waals surface area contributed by atoms with Crippen molar-refractivity contribution in [2.24, 2.45) is 0 Å². The van der Waals surface area contributed by atoms with Crippen molar-refractivity contribution in [1.82, 2.24) is 5.32 Å². The molecule has 0 saturated carbocycles. The van der Waals surface area contributed by atoms with Crippen LogP contribution in [-0.2, 0) is 0 Å². The summed E-state index contributed by atoms with van der Waals surface area (Å²) in [6.07, 6.45) is 0. The van der Waals surface area contributed by atoms with Crippen LogP contribution in [0.25, 0.3) is 11.0 Å². The fraction of sp³-hybridized carbons (Fsp3) is 0.222. The molecule has 0 saturated heterocycles. The average Bonchev–Trinajstić information content (AvgIpc) is 2.91. The highest BCUT2D eigenvalue weighted by Crippen LogP contribution is 2.27. The zero-order valence-corrected chi connectivity index (χ0v) is 12.4. The third kappa shape index (κ3) is 2.74. The molecule has 0 aliphatic heterocycles. The Bertz CT molecular complexity index is 743. The predicted octanol–water partition coefficient (Wildman–Crippen LogP) is 5.12. The predicted molar refractivity (Wildman–Crippen MR) is 82.5 cm³/mol. The number of fused-ring (bicyclic) bond motifs is 1. The van der Waals surface area contributed by atoms with Crippen LogP contribution in [-0.4, -0.2) is 0 Å². The van der Waals surface area contributed by atoms with Crippen molar-refractivity contribution < 1.29 is 13.2 Å². The first-order valence-corrected chi connectivity index (χ1v) is 7.24. The minimum Gasteiger partial charge on any atom is -0.459 e. The molecule has 2 unspecified atom stereocenters. The molecule has 0 radical (unpaired) electrons. The van der Waals surface area contributed by atoms with Crippen LogP contribution < -0.4 is 5.32 Å². The summed E-state index contributed by atoms with van der Waals surface area (Å²) in [4.78, 5) is 0. The van der Waals surface area contributed by atoms with Gasteiger partial charge in [-0.15, -0.1) is 0 Å². The lowest BCUT2D eigenvalue weighted by molar-refractivity contribution is 0.400. The first-order valence-electron chi connectivity index (χ1n) is 7.24. The van der Waals surface area contributed by atoms with E-state index in [1.807, 2.05) is 37.3 Å². The zero-order valence-electron chi connectivity index (χ0n) is 12.4. The first kappa shape index (κ1) is 14.7. The molecule has 22 heavy (non-hydrogen) atoms. The first-order chi connectivity index (χ1) is 10.6. The summed E-state index contributed by atoms with van der Waals surface area (Å²) in [6, 6.07) is 12.9. The van der Waals surface area contributed by atoms with E-state index in [1.54, 1.807) is 6.92 Å². The summed E-state index contributed by atoms with van der Waals surface area (Å²) in [7, 11) is 0. The Balaban J connectivity index is 1.82. The minimum absolute atomic E-state index is 0.0467. The highest BCUT2D eigenvalue weighted by atomic mass is 19.1. The van der Waals surface area contributed by atoms with Crippen LogP contribution in [0.2, 0.25) is 0 Å². The Morgan fingerprint density at radius 3 is 2.27 bits per heavy atom. The van der Waals surface area contributed by atoms with Crippen LogP contribution in [0.3, 0.4) is 0 Å². The Kier molecular flexibility index (Phi) is 3.94. The summed E-state index contributed by atoms with van der Waals surface area (Å²) in [6.45, 7) is 3.65. The van der Waals surface area contributed by atoms with Gasteiger partial charge in [0.15, 0.2) is 0 Å². The van der Waals surface area contributed by atoms with Crippen LogP contribution >= 0.6 is 0 Å². The second kappa shape index (κ2) is 5.89. The van der Waals surface area contributed by atoms with Gasteiger partial charge in [-0.2, -0.15) is 0 Å². The molecule has 2 nitrogen and oxygen atoms in total. The molecule has 1 N–H and O–H groups in total. The third-order valence-corrected chi connectivity index (χ3v) is 3.80. The number of furan rings is 1. The van der Waals surface area contributed by atoms with Crippen molar-refractivity contribution in [3.05, 3.63) is 71.5 Å². The van der Waals surface area contributed by atoms with Crippen molar-refractivity contribution in [3.63, 3.8) is 0 Å². The SMILES string of the molecule is CC(NC(C)c1c(F)cccc1F)c1cc2ccccc2o1. The molecule has 0 amide bonds. The summed E-state index contributed by atoms with van der Waals surface area (Å²) >= 11 is 0. The Hall–Kier alpha value is -2.20. The molecule has 0 fully saturated rings. The van der Waals surface area contributed by atoms with E-state index < -0.39 is 17.7 Å². The minimum atomic E-state index is -0.545. The molecule has 4 heteroatoms. The fourth-order valence-electron chi connectivity index (χ4n) is 2.68. The lowest BCUT2D eigenvalue weighted by atomic mass is 10.1. The van der Waals surface area contributed by atoms with E-state index in [0.717, 1.165) is 16.7 Å². The van der Waals surface area contributed by atoms with Crippen molar-refractivity contribution in [3.8, 4) is 0 Å². The van der Waals surface area contributed by atoms with Crippen molar-refractivity contribution in [2.75, 3.05) is 0 Å². The van der Waals surface area contributed by atoms with Gasteiger partial charge in [-0.3, -0.25) is 0 Å². The molecule has 3 aromatic rings. The Morgan fingerprint density at radius 1 is 0.909 bits per heavy atom. The fourth-order valence-corrected chi connectivity index (χ4v) is 2.68. The van der Waals surface area contributed by atoms with Crippen molar-refractivity contribution in [1.29, 1.82) is 0 Å². The van der Waals surface area contributed by atoms with Gasteiger partial charge < -0.3 is 9.73 Å². The average molecular weight is 301 g/mol. The van der Waals surface area contributed by atoms with E-state index in [0.29, 0.717) is 0 Å². The molecular weight excluding hydrogens is 284 g/mol. The van der Waals surface area contributed by atoms with Gasteiger partial charge in [0.05, 0.1) is 6.04 Å². The summed E-state index contributed by atoms with van der Waals surface area (Å²) in [5.74, 6) is -0.349. The van der Waals surface area contributed by atoms with E-state index in [9.17, 15) is 8.78 Å². The van der Waals surface area contributed by atoms with E-state index in [2.05, 4.69) is 5.32 Å². The molecule has 114 valence electrons. The molecule has 1 heterocycles. The lowest BCUT2D eigenvalue weighted by Gasteiger charge is -2.19. The Labute approximate surface area is 127 Å². The van der Waals surface area contributed by atoms with E-state index in [-0.39, 0.29) is 11.6 Å². The van der Waals surface area contributed by atoms with E-state index in [4.69, 9.17) is 4.42 Å². The van der Waals surface area contributed by atoms with Gasteiger partial charge in [-0.05, 0) is 38.1 Å². The number of nitrogens with one attached hydrogen (secondary N) is 1. The maximum Gasteiger partial charge on any atom is 0.134 e. The van der Waals surface area contributed by atoms with Gasteiger partial charge in [0.25, 0.3) is 0 Å². The van der Waals surface area contributed by atoms with Crippen molar-refractivity contribution >= 4 is 11.0 Å². The molecular formula is C18H17F2NO. The largest absolute Gasteiger partial charge is 0.459 e. The monoisotopic (exact) mass is 301 g/mol. The van der Waals surface area contributed by atoms with E-state index in [1.165, 1.54) is 18.2 Å². The molecule has 0 aliphatic carbocycles. The Morgan fingerprint density at radius 2 is 1.59 bits per heavy atom.